The summed E-state index contributed by atoms with van der Waals surface area (Å²) in [6.07, 6.45) is 3.07. The highest BCUT2D eigenvalue weighted by Crippen LogP contribution is 2.31. The summed E-state index contributed by atoms with van der Waals surface area (Å²) in [6.45, 7) is 3.07. The molecule has 0 fully saturated rings. The molecule has 0 unspecified atom stereocenters. The van der Waals surface area contributed by atoms with Gasteiger partial charge >= 0.3 is 6.18 Å². The Morgan fingerprint density at radius 1 is 0.871 bits per heavy atom. The quantitative estimate of drug-likeness (QED) is 0.186. The van der Waals surface area contributed by atoms with Crippen LogP contribution in [0.15, 0.2) is 53.7 Å². The molecular formula is C24H28F3N3S. The summed E-state index contributed by atoms with van der Waals surface area (Å²) in [6, 6.07) is 13.1. The minimum absolute atomic E-state index is 0.507. The molecule has 0 bridgehead atoms. The van der Waals surface area contributed by atoms with Gasteiger partial charge in [-0.3, -0.25) is 0 Å². The minimum atomic E-state index is -4.32. The van der Waals surface area contributed by atoms with Crippen molar-refractivity contribution in [2.45, 2.75) is 62.5 Å². The smallest absolute Gasteiger partial charge is 0.369 e. The van der Waals surface area contributed by atoms with Gasteiger partial charge in [0.15, 0.2) is 5.16 Å². The standard InChI is InChI=1S/C24H28F3N3S/c1-2-3-4-5-6-9-16-28-22-20-10-7-8-11-21(20)29-23(30-22)31-17-18-12-14-19(15-13-18)24(25,26)27/h7-8,10-15H,2-6,9,16-17H2,1H3,(H,28,29,30). The zero-order valence-electron chi connectivity index (χ0n) is 17.7. The fourth-order valence-electron chi connectivity index (χ4n) is 3.30. The number of unbranched alkanes of at least 4 members (excludes halogenated alkanes) is 5. The molecule has 0 atom stereocenters. The number of thioether (sulfide) groups is 1. The maximum Gasteiger partial charge on any atom is 0.416 e. The van der Waals surface area contributed by atoms with Crippen molar-refractivity contribution in [2.24, 2.45) is 0 Å². The predicted molar refractivity (Wildman–Crippen MR) is 122 cm³/mol. The van der Waals surface area contributed by atoms with E-state index in [0.29, 0.717) is 10.9 Å². The molecule has 1 heterocycles. The number of alkyl halides is 3. The molecule has 31 heavy (non-hydrogen) atoms. The van der Waals surface area contributed by atoms with Gasteiger partial charge in [-0.05, 0) is 36.2 Å². The van der Waals surface area contributed by atoms with E-state index < -0.39 is 11.7 Å². The molecule has 0 aliphatic heterocycles. The summed E-state index contributed by atoms with van der Waals surface area (Å²) in [4.78, 5) is 9.30. The summed E-state index contributed by atoms with van der Waals surface area (Å²) in [7, 11) is 0. The van der Waals surface area contributed by atoms with Crippen LogP contribution < -0.4 is 5.32 Å². The maximum atomic E-state index is 12.7. The molecular weight excluding hydrogens is 419 g/mol. The Bertz CT molecular complexity index is 958. The largest absolute Gasteiger partial charge is 0.416 e. The number of para-hydroxylation sites is 1. The molecule has 2 aromatic carbocycles. The van der Waals surface area contributed by atoms with Gasteiger partial charge < -0.3 is 5.32 Å². The highest BCUT2D eigenvalue weighted by molar-refractivity contribution is 7.98. The monoisotopic (exact) mass is 447 g/mol. The van der Waals surface area contributed by atoms with Crippen LogP contribution in [0.3, 0.4) is 0 Å². The number of anilines is 1. The average Bonchev–Trinajstić information content (AvgIpc) is 2.76. The Hall–Kier alpha value is -2.28. The Labute approximate surface area is 185 Å². The van der Waals surface area contributed by atoms with Crippen LogP contribution in [-0.4, -0.2) is 16.5 Å². The molecule has 3 rings (SSSR count). The second-order valence-electron chi connectivity index (χ2n) is 7.55. The van der Waals surface area contributed by atoms with E-state index in [4.69, 9.17) is 0 Å². The van der Waals surface area contributed by atoms with E-state index in [9.17, 15) is 13.2 Å². The van der Waals surface area contributed by atoms with Crippen LogP contribution in [-0.2, 0) is 11.9 Å². The number of fused-ring (bicyclic) bond motifs is 1. The highest BCUT2D eigenvalue weighted by Gasteiger charge is 2.29. The Morgan fingerprint density at radius 3 is 2.32 bits per heavy atom. The topological polar surface area (TPSA) is 37.8 Å². The summed E-state index contributed by atoms with van der Waals surface area (Å²) in [5, 5.41) is 5.05. The van der Waals surface area contributed by atoms with E-state index in [2.05, 4.69) is 22.2 Å². The number of benzene rings is 2. The molecule has 7 heteroatoms. The molecule has 0 aliphatic rings. The molecule has 0 saturated heterocycles. The van der Waals surface area contributed by atoms with Crippen LogP contribution >= 0.6 is 11.8 Å². The molecule has 0 saturated carbocycles. The van der Waals surface area contributed by atoms with Crippen molar-refractivity contribution in [3.05, 3.63) is 59.7 Å². The van der Waals surface area contributed by atoms with Crippen molar-refractivity contribution >= 4 is 28.5 Å². The lowest BCUT2D eigenvalue weighted by Gasteiger charge is -2.11. The van der Waals surface area contributed by atoms with Gasteiger partial charge in [-0.2, -0.15) is 13.2 Å². The molecule has 3 nitrogen and oxygen atoms in total. The molecule has 0 radical (unpaired) electrons. The van der Waals surface area contributed by atoms with E-state index in [1.807, 2.05) is 24.3 Å². The Balaban J connectivity index is 1.63. The second kappa shape index (κ2) is 11.4. The van der Waals surface area contributed by atoms with Crippen molar-refractivity contribution < 1.29 is 13.2 Å². The van der Waals surface area contributed by atoms with Crippen LogP contribution in [0.5, 0.6) is 0 Å². The normalized spacial score (nSPS) is 11.7. The first-order chi connectivity index (χ1) is 15.0. The molecule has 3 aromatic rings. The van der Waals surface area contributed by atoms with Gasteiger partial charge in [-0.1, -0.05) is 75.1 Å². The minimum Gasteiger partial charge on any atom is -0.369 e. The van der Waals surface area contributed by atoms with Gasteiger partial charge in [0.25, 0.3) is 0 Å². The lowest BCUT2D eigenvalue weighted by atomic mass is 10.1. The van der Waals surface area contributed by atoms with Crippen LogP contribution in [0.1, 0.15) is 56.6 Å². The Kier molecular flexibility index (Phi) is 8.58. The first-order valence-electron chi connectivity index (χ1n) is 10.8. The molecule has 166 valence electrons. The van der Waals surface area contributed by atoms with Crippen molar-refractivity contribution in [1.82, 2.24) is 9.97 Å². The average molecular weight is 448 g/mol. The third-order valence-electron chi connectivity index (χ3n) is 5.05. The van der Waals surface area contributed by atoms with Gasteiger partial charge in [0, 0.05) is 17.7 Å². The van der Waals surface area contributed by atoms with Crippen LogP contribution in [0, 0.1) is 0 Å². The number of hydrogen-bond donors (Lipinski definition) is 1. The van der Waals surface area contributed by atoms with Gasteiger partial charge in [0.2, 0.25) is 0 Å². The highest BCUT2D eigenvalue weighted by atomic mass is 32.2. The molecule has 1 N–H and O–H groups in total. The molecule has 0 aliphatic carbocycles. The van der Waals surface area contributed by atoms with E-state index in [1.165, 1.54) is 56.0 Å². The number of nitrogens with one attached hydrogen (secondary N) is 1. The summed E-state index contributed by atoms with van der Waals surface area (Å²) < 4.78 is 38.2. The van der Waals surface area contributed by atoms with Crippen molar-refractivity contribution in [1.29, 1.82) is 0 Å². The van der Waals surface area contributed by atoms with Gasteiger partial charge in [0.05, 0.1) is 11.1 Å². The Morgan fingerprint density at radius 2 is 1.58 bits per heavy atom. The van der Waals surface area contributed by atoms with Gasteiger partial charge in [-0.15, -0.1) is 0 Å². The molecule has 0 spiro atoms. The van der Waals surface area contributed by atoms with Crippen molar-refractivity contribution in [3.63, 3.8) is 0 Å². The zero-order valence-corrected chi connectivity index (χ0v) is 18.5. The van der Waals surface area contributed by atoms with E-state index in [0.717, 1.165) is 47.4 Å². The molecule has 0 amide bonds. The fraction of sp³-hybridized carbons (Fsp3) is 0.417. The number of rotatable bonds is 11. The number of aromatic nitrogens is 2. The number of hydrogen-bond acceptors (Lipinski definition) is 4. The SMILES string of the molecule is CCCCCCCCNc1nc(SCc2ccc(C(F)(F)F)cc2)nc2ccccc12. The van der Waals surface area contributed by atoms with Crippen LogP contribution in [0.4, 0.5) is 19.0 Å². The van der Waals surface area contributed by atoms with Crippen molar-refractivity contribution in [2.75, 3.05) is 11.9 Å². The third kappa shape index (κ3) is 7.13. The summed E-state index contributed by atoms with van der Waals surface area (Å²) in [5.74, 6) is 1.32. The molecule has 1 aromatic heterocycles. The van der Waals surface area contributed by atoms with Crippen LogP contribution in [0.25, 0.3) is 10.9 Å². The van der Waals surface area contributed by atoms with Crippen molar-refractivity contribution in [3.8, 4) is 0 Å². The maximum absolute atomic E-state index is 12.7. The number of nitrogens with zero attached hydrogens (tertiary/aromatic N) is 2. The van der Waals surface area contributed by atoms with E-state index in [1.54, 1.807) is 0 Å². The first kappa shape index (κ1) is 23.4. The van der Waals surface area contributed by atoms with E-state index in [-0.39, 0.29) is 0 Å². The number of halogens is 3. The third-order valence-corrected chi connectivity index (χ3v) is 5.97. The van der Waals surface area contributed by atoms with Gasteiger partial charge in [-0.25, -0.2) is 9.97 Å². The van der Waals surface area contributed by atoms with E-state index >= 15 is 0 Å². The lowest BCUT2D eigenvalue weighted by Crippen LogP contribution is -2.06. The fourth-order valence-corrected chi connectivity index (χ4v) is 4.11. The second-order valence-corrected chi connectivity index (χ2v) is 8.49. The lowest BCUT2D eigenvalue weighted by molar-refractivity contribution is -0.137. The predicted octanol–water partition coefficient (Wildman–Crippen LogP) is 7.71. The first-order valence-corrected chi connectivity index (χ1v) is 11.8. The summed E-state index contributed by atoms with van der Waals surface area (Å²) in [5.41, 5.74) is 1.03. The zero-order chi connectivity index (χ0) is 22.1. The summed E-state index contributed by atoms with van der Waals surface area (Å²) >= 11 is 1.43. The van der Waals surface area contributed by atoms with Crippen LogP contribution in [0.2, 0.25) is 0 Å². The van der Waals surface area contributed by atoms with Gasteiger partial charge in [0.1, 0.15) is 5.82 Å².